The molecule has 0 atom stereocenters. The predicted octanol–water partition coefficient (Wildman–Crippen LogP) is 3.13. The Bertz CT molecular complexity index is 737. The number of fused-ring (bicyclic) bond motifs is 1. The van der Waals surface area contributed by atoms with Crippen molar-refractivity contribution < 1.29 is 9.53 Å². The van der Waals surface area contributed by atoms with Crippen LogP contribution in [-0.4, -0.2) is 55.2 Å². The molecule has 5 nitrogen and oxygen atoms in total. The molecule has 0 N–H and O–H groups in total. The van der Waals surface area contributed by atoms with Crippen molar-refractivity contribution in [2.45, 2.75) is 12.8 Å². The van der Waals surface area contributed by atoms with Gasteiger partial charge in [-0.25, -0.2) is 4.98 Å². The first-order valence-corrected chi connectivity index (χ1v) is 9.99. The number of morpholine rings is 1. The number of thiazole rings is 1. The molecule has 1 amide bonds. The van der Waals surface area contributed by atoms with Crippen molar-refractivity contribution in [3.63, 3.8) is 0 Å². The third-order valence-corrected chi connectivity index (χ3v) is 6.35. The zero-order chi connectivity index (χ0) is 16.5. The fourth-order valence-corrected chi connectivity index (χ4v) is 4.95. The van der Waals surface area contributed by atoms with Gasteiger partial charge in [0.25, 0.3) is 0 Å². The van der Waals surface area contributed by atoms with E-state index in [-0.39, 0.29) is 5.92 Å². The monoisotopic (exact) mass is 409 g/mol. The second-order valence-electron chi connectivity index (χ2n) is 6.31. The standard InChI is InChI=1S/C17H20BrN3O2S/c18-13-1-2-14-15(11-13)24-17(19-14)21-5-3-12(4-6-21)16(22)20-7-9-23-10-8-20/h1-2,11-12H,3-10H2. The van der Waals surface area contributed by atoms with Crippen molar-refractivity contribution >= 4 is 48.5 Å². The number of rotatable bonds is 2. The van der Waals surface area contributed by atoms with Crippen LogP contribution in [0, 0.1) is 5.92 Å². The first-order valence-electron chi connectivity index (χ1n) is 8.38. The highest BCUT2D eigenvalue weighted by molar-refractivity contribution is 9.10. The second-order valence-corrected chi connectivity index (χ2v) is 8.23. The number of benzene rings is 1. The van der Waals surface area contributed by atoms with Crippen LogP contribution in [0.25, 0.3) is 10.2 Å². The molecule has 2 aliphatic heterocycles. The quantitative estimate of drug-likeness (QED) is 0.763. The largest absolute Gasteiger partial charge is 0.378 e. The number of ether oxygens (including phenoxy) is 1. The summed E-state index contributed by atoms with van der Waals surface area (Å²) in [5.41, 5.74) is 1.05. The molecule has 2 saturated heterocycles. The summed E-state index contributed by atoms with van der Waals surface area (Å²) < 4.78 is 7.62. The Morgan fingerprint density at radius 2 is 1.96 bits per heavy atom. The molecule has 0 unspecified atom stereocenters. The van der Waals surface area contributed by atoms with E-state index in [2.05, 4.69) is 26.9 Å². The van der Waals surface area contributed by atoms with Crippen molar-refractivity contribution in [1.29, 1.82) is 0 Å². The van der Waals surface area contributed by atoms with Gasteiger partial charge < -0.3 is 14.5 Å². The van der Waals surface area contributed by atoms with E-state index in [0.29, 0.717) is 19.1 Å². The van der Waals surface area contributed by atoms with E-state index in [4.69, 9.17) is 9.72 Å². The van der Waals surface area contributed by atoms with Crippen LogP contribution < -0.4 is 4.90 Å². The van der Waals surface area contributed by atoms with Gasteiger partial charge in [-0.1, -0.05) is 27.3 Å². The Balaban J connectivity index is 1.40. The van der Waals surface area contributed by atoms with Gasteiger partial charge in [0.15, 0.2) is 5.13 Å². The Morgan fingerprint density at radius 1 is 1.21 bits per heavy atom. The number of carbonyl (C=O) groups is 1. The number of anilines is 1. The molecule has 2 aliphatic rings. The average Bonchev–Trinajstić information content (AvgIpc) is 3.05. The topological polar surface area (TPSA) is 45.7 Å². The Hall–Kier alpha value is -1.18. The first kappa shape index (κ1) is 16.3. The third-order valence-electron chi connectivity index (χ3n) is 4.78. The van der Waals surface area contributed by atoms with E-state index in [9.17, 15) is 4.79 Å². The number of hydrogen-bond acceptors (Lipinski definition) is 5. The average molecular weight is 410 g/mol. The zero-order valence-corrected chi connectivity index (χ0v) is 15.8. The lowest BCUT2D eigenvalue weighted by Crippen LogP contribution is -2.46. The fraction of sp³-hybridized carbons (Fsp3) is 0.529. The van der Waals surface area contributed by atoms with Crippen LogP contribution in [0.2, 0.25) is 0 Å². The van der Waals surface area contributed by atoms with Gasteiger partial charge in [0.1, 0.15) is 0 Å². The molecule has 24 heavy (non-hydrogen) atoms. The number of carbonyl (C=O) groups excluding carboxylic acids is 1. The number of nitrogens with zero attached hydrogens (tertiary/aromatic N) is 3. The molecule has 2 aromatic rings. The van der Waals surface area contributed by atoms with E-state index >= 15 is 0 Å². The lowest BCUT2D eigenvalue weighted by molar-refractivity contribution is -0.140. The highest BCUT2D eigenvalue weighted by Gasteiger charge is 2.30. The van der Waals surface area contributed by atoms with E-state index < -0.39 is 0 Å². The van der Waals surface area contributed by atoms with Gasteiger partial charge in [0.2, 0.25) is 5.91 Å². The maximum absolute atomic E-state index is 12.6. The van der Waals surface area contributed by atoms with Gasteiger partial charge in [-0.15, -0.1) is 0 Å². The second kappa shape index (κ2) is 6.98. The molecular formula is C17H20BrN3O2S. The molecule has 7 heteroatoms. The van der Waals surface area contributed by atoms with Crippen molar-refractivity contribution in [3.8, 4) is 0 Å². The number of hydrogen-bond donors (Lipinski definition) is 0. The summed E-state index contributed by atoms with van der Waals surface area (Å²) in [6, 6.07) is 6.19. The van der Waals surface area contributed by atoms with Crippen molar-refractivity contribution in [2.75, 3.05) is 44.3 Å². The van der Waals surface area contributed by atoms with Crippen LogP contribution in [0.15, 0.2) is 22.7 Å². The van der Waals surface area contributed by atoms with E-state index in [0.717, 1.165) is 54.1 Å². The minimum atomic E-state index is 0.155. The molecule has 0 aliphatic carbocycles. The van der Waals surface area contributed by atoms with Crippen molar-refractivity contribution in [3.05, 3.63) is 22.7 Å². The van der Waals surface area contributed by atoms with Gasteiger partial charge in [0.05, 0.1) is 23.4 Å². The number of halogens is 1. The van der Waals surface area contributed by atoms with Crippen molar-refractivity contribution in [2.24, 2.45) is 5.92 Å². The SMILES string of the molecule is O=C(C1CCN(c2nc3ccc(Br)cc3s2)CC1)N1CCOCC1. The van der Waals surface area contributed by atoms with Crippen LogP contribution in [0.4, 0.5) is 5.13 Å². The lowest BCUT2D eigenvalue weighted by atomic mass is 9.95. The molecule has 4 rings (SSSR count). The van der Waals surface area contributed by atoms with Gasteiger partial charge >= 0.3 is 0 Å². The summed E-state index contributed by atoms with van der Waals surface area (Å²) in [5, 5.41) is 1.07. The summed E-state index contributed by atoms with van der Waals surface area (Å²) in [6.45, 7) is 4.64. The molecule has 0 bridgehead atoms. The van der Waals surface area contributed by atoms with Crippen molar-refractivity contribution in [1.82, 2.24) is 9.88 Å². The van der Waals surface area contributed by atoms with Gasteiger partial charge in [-0.3, -0.25) is 4.79 Å². The molecule has 2 fully saturated rings. The fourth-order valence-electron chi connectivity index (χ4n) is 3.38. The Kier molecular flexibility index (Phi) is 4.74. The minimum absolute atomic E-state index is 0.155. The number of aromatic nitrogens is 1. The molecule has 0 spiro atoms. The molecule has 1 aromatic heterocycles. The molecule has 1 aromatic carbocycles. The Labute approximate surface area is 153 Å². The van der Waals surface area contributed by atoms with E-state index in [1.807, 2.05) is 17.0 Å². The van der Waals surface area contributed by atoms with Crippen LogP contribution in [-0.2, 0) is 9.53 Å². The van der Waals surface area contributed by atoms with Crippen LogP contribution >= 0.6 is 27.3 Å². The summed E-state index contributed by atoms with van der Waals surface area (Å²) >= 11 is 5.24. The highest BCUT2D eigenvalue weighted by atomic mass is 79.9. The Morgan fingerprint density at radius 3 is 2.71 bits per heavy atom. The molecule has 3 heterocycles. The van der Waals surface area contributed by atoms with E-state index in [1.54, 1.807) is 11.3 Å². The predicted molar refractivity (Wildman–Crippen MR) is 99.7 cm³/mol. The third kappa shape index (κ3) is 3.30. The summed E-state index contributed by atoms with van der Waals surface area (Å²) in [5.74, 6) is 0.467. The summed E-state index contributed by atoms with van der Waals surface area (Å²) in [7, 11) is 0. The summed E-state index contributed by atoms with van der Waals surface area (Å²) in [6.07, 6.45) is 1.83. The number of piperidine rings is 1. The normalized spacial score (nSPS) is 19.9. The van der Waals surface area contributed by atoms with Crippen LogP contribution in [0.1, 0.15) is 12.8 Å². The molecule has 128 valence electrons. The smallest absolute Gasteiger partial charge is 0.225 e. The maximum atomic E-state index is 12.6. The van der Waals surface area contributed by atoms with E-state index in [1.165, 1.54) is 4.70 Å². The van der Waals surface area contributed by atoms with Gasteiger partial charge in [0, 0.05) is 36.6 Å². The maximum Gasteiger partial charge on any atom is 0.225 e. The molecule has 0 saturated carbocycles. The highest BCUT2D eigenvalue weighted by Crippen LogP contribution is 2.33. The minimum Gasteiger partial charge on any atom is -0.378 e. The zero-order valence-electron chi connectivity index (χ0n) is 13.4. The lowest BCUT2D eigenvalue weighted by Gasteiger charge is -2.35. The van der Waals surface area contributed by atoms with Crippen LogP contribution in [0.5, 0.6) is 0 Å². The summed E-state index contributed by atoms with van der Waals surface area (Å²) in [4.78, 5) is 21.6. The van der Waals surface area contributed by atoms with Gasteiger partial charge in [-0.05, 0) is 31.0 Å². The van der Waals surface area contributed by atoms with Gasteiger partial charge in [-0.2, -0.15) is 0 Å². The van der Waals surface area contributed by atoms with Crippen LogP contribution in [0.3, 0.4) is 0 Å². The first-order chi connectivity index (χ1) is 11.7. The molecule has 0 radical (unpaired) electrons. The molecular weight excluding hydrogens is 390 g/mol. The number of amides is 1.